The van der Waals surface area contributed by atoms with Gasteiger partial charge in [-0.3, -0.25) is 4.90 Å². The molecule has 4 nitrogen and oxygen atoms in total. The third-order valence-corrected chi connectivity index (χ3v) is 5.79. The Bertz CT molecular complexity index is 552. The fourth-order valence-electron chi connectivity index (χ4n) is 3.93. The van der Waals surface area contributed by atoms with Crippen LogP contribution in [0.4, 0.5) is 0 Å². The Morgan fingerprint density at radius 1 is 1.26 bits per heavy atom. The number of nitrogens with zero attached hydrogens (tertiary/aromatic N) is 1. The molecule has 2 fully saturated rings. The molecular formula is C18H27BrN2O2. The Morgan fingerprint density at radius 3 is 2.52 bits per heavy atom. The van der Waals surface area contributed by atoms with Crippen LogP contribution in [0.5, 0.6) is 11.5 Å². The van der Waals surface area contributed by atoms with Crippen molar-refractivity contribution in [3.63, 3.8) is 0 Å². The van der Waals surface area contributed by atoms with Gasteiger partial charge in [-0.2, -0.15) is 0 Å². The molecule has 1 saturated heterocycles. The van der Waals surface area contributed by atoms with Crippen LogP contribution in [0.25, 0.3) is 0 Å². The van der Waals surface area contributed by atoms with Crippen LogP contribution in [0.15, 0.2) is 16.6 Å². The number of likely N-dealkylation sites (tertiary alicyclic amines) is 1. The second-order valence-electron chi connectivity index (χ2n) is 6.99. The molecule has 0 spiro atoms. The molecule has 1 heterocycles. The fraction of sp³-hybridized carbons (Fsp3) is 0.667. The van der Waals surface area contributed by atoms with E-state index in [-0.39, 0.29) is 11.5 Å². The van der Waals surface area contributed by atoms with Gasteiger partial charge in [0.15, 0.2) is 11.5 Å². The van der Waals surface area contributed by atoms with Crippen molar-refractivity contribution < 1.29 is 9.47 Å². The summed E-state index contributed by atoms with van der Waals surface area (Å²) in [5, 5.41) is 0. The van der Waals surface area contributed by atoms with Crippen LogP contribution in [0.2, 0.25) is 0 Å². The lowest BCUT2D eigenvalue weighted by molar-refractivity contribution is 0.0349. The summed E-state index contributed by atoms with van der Waals surface area (Å²) in [5.74, 6) is 1.71. The zero-order valence-corrected chi connectivity index (χ0v) is 15.7. The van der Waals surface area contributed by atoms with Gasteiger partial charge in [0.1, 0.15) is 6.10 Å². The van der Waals surface area contributed by atoms with Crippen molar-refractivity contribution in [1.82, 2.24) is 4.90 Å². The van der Waals surface area contributed by atoms with Crippen LogP contribution < -0.4 is 15.2 Å². The monoisotopic (exact) mass is 382 g/mol. The normalized spacial score (nSPS) is 21.7. The number of halogens is 1. The molecule has 1 aliphatic heterocycles. The molecule has 1 aliphatic carbocycles. The Labute approximate surface area is 147 Å². The first kappa shape index (κ1) is 17.1. The molecular weight excluding hydrogens is 356 g/mol. The Morgan fingerprint density at radius 2 is 1.96 bits per heavy atom. The van der Waals surface area contributed by atoms with E-state index in [4.69, 9.17) is 15.2 Å². The van der Waals surface area contributed by atoms with E-state index in [1.165, 1.54) is 24.8 Å². The second-order valence-corrected chi connectivity index (χ2v) is 7.91. The van der Waals surface area contributed by atoms with E-state index in [0.29, 0.717) is 6.54 Å². The van der Waals surface area contributed by atoms with Crippen LogP contribution in [0.1, 0.15) is 37.7 Å². The highest BCUT2D eigenvalue weighted by molar-refractivity contribution is 9.10. The van der Waals surface area contributed by atoms with E-state index in [1.807, 2.05) is 6.07 Å². The summed E-state index contributed by atoms with van der Waals surface area (Å²) >= 11 is 3.63. The van der Waals surface area contributed by atoms with Crippen molar-refractivity contribution in [2.45, 2.75) is 43.6 Å². The first-order valence-electron chi connectivity index (χ1n) is 8.51. The standard InChI is InChI=1S/C18H27BrN2O2/c1-21-10-14(11-21)23-17-15(8-13(19)9-16(17)22-2)18(12-20)6-4-3-5-7-18/h8-9,14H,3-7,10-12,20H2,1-2H3. The number of benzene rings is 1. The molecule has 128 valence electrons. The zero-order valence-electron chi connectivity index (χ0n) is 14.1. The van der Waals surface area contributed by atoms with Crippen LogP contribution in [-0.2, 0) is 5.41 Å². The molecule has 2 aliphatic rings. The van der Waals surface area contributed by atoms with E-state index in [2.05, 4.69) is 33.9 Å². The van der Waals surface area contributed by atoms with Gasteiger partial charge in [-0.25, -0.2) is 0 Å². The number of rotatable bonds is 5. The van der Waals surface area contributed by atoms with Crippen molar-refractivity contribution in [2.75, 3.05) is 33.8 Å². The Balaban J connectivity index is 2.00. The van der Waals surface area contributed by atoms with Gasteiger partial charge in [-0.05, 0) is 32.0 Å². The van der Waals surface area contributed by atoms with Gasteiger partial charge < -0.3 is 15.2 Å². The first-order chi connectivity index (χ1) is 11.1. The van der Waals surface area contributed by atoms with Gasteiger partial charge in [0, 0.05) is 35.1 Å². The molecule has 1 aromatic rings. The average Bonchev–Trinajstić information content (AvgIpc) is 2.54. The molecule has 0 bridgehead atoms. The van der Waals surface area contributed by atoms with Crippen LogP contribution >= 0.6 is 15.9 Å². The van der Waals surface area contributed by atoms with Crippen molar-refractivity contribution in [2.24, 2.45) is 5.73 Å². The zero-order chi connectivity index (χ0) is 16.4. The van der Waals surface area contributed by atoms with Crippen LogP contribution in [0, 0.1) is 0 Å². The van der Waals surface area contributed by atoms with Gasteiger partial charge in [-0.15, -0.1) is 0 Å². The van der Waals surface area contributed by atoms with E-state index in [1.54, 1.807) is 7.11 Å². The number of hydrogen-bond acceptors (Lipinski definition) is 4. The average molecular weight is 383 g/mol. The summed E-state index contributed by atoms with van der Waals surface area (Å²) < 4.78 is 13.0. The quantitative estimate of drug-likeness (QED) is 0.848. The van der Waals surface area contributed by atoms with E-state index < -0.39 is 0 Å². The Hall–Kier alpha value is -0.780. The number of ether oxygens (including phenoxy) is 2. The summed E-state index contributed by atoms with van der Waals surface area (Å²) in [5.41, 5.74) is 7.50. The number of hydrogen-bond donors (Lipinski definition) is 1. The van der Waals surface area contributed by atoms with Crippen molar-refractivity contribution in [3.05, 3.63) is 22.2 Å². The lowest BCUT2D eigenvalue weighted by Gasteiger charge is -2.41. The molecule has 0 amide bonds. The summed E-state index contributed by atoms with van der Waals surface area (Å²) in [4.78, 5) is 2.26. The predicted octanol–water partition coefficient (Wildman–Crippen LogP) is 3.31. The smallest absolute Gasteiger partial charge is 0.165 e. The second kappa shape index (κ2) is 6.99. The molecule has 2 N–H and O–H groups in total. The minimum Gasteiger partial charge on any atom is -0.493 e. The molecule has 0 aromatic heterocycles. The van der Waals surface area contributed by atoms with E-state index in [9.17, 15) is 0 Å². The van der Waals surface area contributed by atoms with Crippen LogP contribution in [-0.4, -0.2) is 44.8 Å². The number of likely N-dealkylation sites (N-methyl/N-ethyl adjacent to an activating group) is 1. The van der Waals surface area contributed by atoms with E-state index >= 15 is 0 Å². The fourth-order valence-corrected chi connectivity index (χ4v) is 4.37. The highest BCUT2D eigenvalue weighted by atomic mass is 79.9. The summed E-state index contributed by atoms with van der Waals surface area (Å²) in [6.45, 7) is 2.59. The topological polar surface area (TPSA) is 47.7 Å². The van der Waals surface area contributed by atoms with Gasteiger partial charge in [0.2, 0.25) is 0 Å². The molecule has 1 aromatic carbocycles. The molecule has 0 unspecified atom stereocenters. The first-order valence-corrected chi connectivity index (χ1v) is 9.30. The predicted molar refractivity (Wildman–Crippen MR) is 96.4 cm³/mol. The molecule has 0 radical (unpaired) electrons. The molecule has 1 saturated carbocycles. The van der Waals surface area contributed by atoms with Crippen molar-refractivity contribution >= 4 is 15.9 Å². The van der Waals surface area contributed by atoms with Crippen molar-refractivity contribution in [1.29, 1.82) is 0 Å². The van der Waals surface area contributed by atoms with Crippen molar-refractivity contribution in [3.8, 4) is 11.5 Å². The highest BCUT2D eigenvalue weighted by Gasteiger charge is 2.38. The lowest BCUT2D eigenvalue weighted by Crippen LogP contribution is -2.51. The van der Waals surface area contributed by atoms with Gasteiger partial charge in [0.05, 0.1) is 7.11 Å². The molecule has 5 heteroatoms. The third-order valence-electron chi connectivity index (χ3n) is 5.33. The molecule has 3 rings (SSSR count). The minimum atomic E-state index is 0.0142. The van der Waals surface area contributed by atoms with Gasteiger partial charge >= 0.3 is 0 Å². The van der Waals surface area contributed by atoms with E-state index in [0.717, 1.165) is 41.9 Å². The maximum Gasteiger partial charge on any atom is 0.165 e. The van der Waals surface area contributed by atoms with Crippen LogP contribution in [0.3, 0.4) is 0 Å². The SMILES string of the molecule is COc1cc(Br)cc(C2(CN)CCCCC2)c1OC1CN(C)C1. The van der Waals surface area contributed by atoms with Gasteiger partial charge in [0.25, 0.3) is 0 Å². The number of methoxy groups -OCH3 is 1. The Kier molecular flexibility index (Phi) is 5.19. The van der Waals surface area contributed by atoms with Gasteiger partial charge in [-0.1, -0.05) is 35.2 Å². The summed E-state index contributed by atoms with van der Waals surface area (Å²) in [6, 6.07) is 4.19. The minimum absolute atomic E-state index is 0.0142. The third kappa shape index (κ3) is 3.37. The summed E-state index contributed by atoms with van der Waals surface area (Å²) in [6.07, 6.45) is 6.27. The highest BCUT2D eigenvalue weighted by Crippen LogP contribution is 2.47. The maximum absolute atomic E-state index is 6.37. The largest absolute Gasteiger partial charge is 0.493 e. The number of nitrogens with two attached hydrogens (primary N) is 1. The summed E-state index contributed by atoms with van der Waals surface area (Å²) in [7, 11) is 3.82. The molecule has 0 atom stereocenters. The molecule has 23 heavy (non-hydrogen) atoms. The lowest BCUT2D eigenvalue weighted by atomic mass is 9.69. The maximum atomic E-state index is 6.37.